The number of amides is 2. The van der Waals surface area contributed by atoms with Gasteiger partial charge in [0.25, 0.3) is 5.91 Å². The number of piperazine rings is 1. The fourth-order valence-corrected chi connectivity index (χ4v) is 5.32. The average molecular weight is 481 g/mol. The van der Waals surface area contributed by atoms with Crippen molar-refractivity contribution in [1.29, 1.82) is 0 Å². The smallest absolute Gasteiger partial charge is 0.340 e. The average Bonchev–Trinajstić information content (AvgIpc) is 3.20. The van der Waals surface area contributed by atoms with E-state index in [1.165, 1.54) is 23.5 Å². The molecule has 0 N–H and O–H groups in total. The van der Waals surface area contributed by atoms with Crippen molar-refractivity contribution in [3.8, 4) is 10.6 Å². The number of nitrogens with zero attached hydrogens (tertiary/aromatic N) is 4. The van der Waals surface area contributed by atoms with Crippen LogP contribution in [-0.4, -0.2) is 77.8 Å². The van der Waals surface area contributed by atoms with Crippen LogP contribution in [-0.2, 0) is 11.0 Å². The Bertz CT molecular complexity index is 1010. The van der Waals surface area contributed by atoms with Gasteiger partial charge >= 0.3 is 6.18 Å². The van der Waals surface area contributed by atoms with Gasteiger partial charge in [0.05, 0.1) is 11.3 Å². The maximum absolute atomic E-state index is 13.1. The van der Waals surface area contributed by atoms with E-state index in [2.05, 4.69) is 16.9 Å². The number of hydrogen-bond acceptors (Lipinski definition) is 5. The number of hydrogen-bond donors (Lipinski definition) is 0. The topological polar surface area (TPSA) is 56.8 Å². The van der Waals surface area contributed by atoms with Gasteiger partial charge in [0.2, 0.25) is 5.91 Å². The van der Waals surface area contributed by atoms with Crippen molar-refractivity contribution in [2.75, 3.05) is 46.3 Å². The molecule has 0 aliphatic carbocycles. The summed E-state index contributed by atoms with van der Waals surface area (Å²) in [5.41, 5.74) is 0.395. The Kier molecular flexibility index (Phi) is 6.76. The summed E-state index contributed by atoms with van der Waals surface area (Å²) in [6, 6.07) is 4.81. The third-order valence-electron chi connectivity index (χ3n) is 6.40. The van der Waals surface area contributed by atoms with E-state index >= 15 is 0 Å². The van der Waals surface area contributed by atoms with Gasteiger partial charge in [-0.3, -0.25) is 9.59 Å². The van der Waals surface area contributed by atoms with Crippen LogP contribution in [0, 0.1) is 12.8 Å². The third kappa shape index (κ3) is 5.22. The third-order valence-corrected chi connectivity index (χ3v) is 7.59. The van der Waals surface area contributed by atoms with E-state index in [4.69, 9.17) is 0 Å². The number of carbonyl (C=O) groups is 2. The Morgan fingerprint density at radius 3 is 2.15 bits per heavy atom. The molecule has 4 rings (SSSR count). The number of halogens is 3. The molecule has 1 aromatic heterocycles. The number of carbonyl (C=O) groups excluding carboxylic acids is 2. The van der Waals surface area contributed by atoms with Crippen molar-refractivity contribution in [3.63, 3.8) is 0 Å². The molecule has 33 heavy (non-hydrogen) atoms. The van der Waals surface area contributed by atoms with Crippen molar-refractivity contribution in [2.24, 2.45) is 5.92 Å². The Labute approximate surface area is 195 Å². The molecule has 2 saturated heterocycles. The Morgan fingerprint density at radius 1 is 0.970 bits per heavy atom. The fraction of sp³-hybridized carbons (Fsp3) is 0.522. The highest BCUT2D eigenvalue weighted by Crippen LogP contribution is 2.34. The Balaban J connectivity index is 1.38. The number of alkyl halides is 3. The molecule has 0 radical (unpaired) electrons. The number of benzene rings is 1. The highest BCUT2D eigenvalue weighted by atomic mass is 32.1. The molecule has 1 aromatic carbocycles. The lowest BCUT2D eigenvalue weighted by molar-refractivity contribution is -0.138. The first-order valence-electron chi connectivity index (χ1n) is 11.0. The molecule has 3 heterocycles. The molecule has 2 fully saturated rings. The zero-order chi connectivity index (χ0) is 23.8. The second-order valence-electron chi connectivity index (χ2n) is 8.70. The highest BCUT2D eigenvalue weighted by Gasteiger charge is 2.33. The minimum atomic E-state index is -4.39. The number of aromatic nitrogens is 1. The van der Waals surface area contributed by atoms with Crippen molar-refractivity contribution in [1.82, 2.24) is 19.7 Å². The van der Waals surface area contributed by atoms with E-state index < -0.39 is 11.7 Å². The maximum Gasteiger partial charge on any atom is 0.416 e. The van der Waals surface area contributed by atoms with Crippen molar-refractivity contribution >= 4 is 23.2 Å². The molecule has 0 bridgehead atoms. The van der Waals surface area contributed by atoms with Crippen LogP contribution >= 0.6 is 11.3 Å². The number of rotatable bonds is 3. The molecular weight excluding hydrogens is 453 g/mol. The minimum absolute atomic E-state index is 0.0530. The second-order valence-corrected chi connectivity index (χ2v) is 9.70. The molecule has 0 atom stereocenters. The van der Waals surface area contributed by atoms with Crippen LogP contribution in [0.2, 0.25) is 0 Å². The van der Waals surface area contributed by atoms with Gasteiger partial charge in [-0.05, 0) is 38.9 Å². The van der Waals surface area contributed by atoms with Gasteiger partial charge in [0.15, 0.2) is 0 Å². The van der Waals surface area contributed by atoms with E-state index in [-0.39, 0.29) is 17.7 Å². The lowest BCUT2D eigenvalue weighted by atomic mass is 9.94. The van der Waals surface area contributed by atoms with Crippen LogP contribution in [0.1, 0.15) is 33.8 Å². The first kappa shape index (κ1) is 23.7. The van der Waals surface area contributed by atoms with Crippen molar-refractivity contribution in [2.45, 2.75) is 25.9 Å². The van der Waals surface area contributed by atoms with E-state index in [0.717, 1.165) is 38.3 Å². The second kappa shape index (κ2) is 9.42. The van der Waals surface area contributed by atoms with Gasteiger partial charge in [0, 0.05) is 50.7 Å². The SMILES string of the molecule is Cc1nc(-c2ccc(C(F)(F)F)cc2)sc1C(=O)N1CCC(C(=O)N2CCN(C)CC2)CC1. The van der Waals surface area contributed by atoms with Crippen LogP contribution in [0.25, 0.3) is 10.6 Å². The lowest BCUT2D eigenvalue weighted by Gasteiger charge is -2.37. The first-order valence-corrected chi connectivity index (χ1v) is 11.9. The number of likely N-dealkylation sites (N-methyl/N-ethyl adjacent to an activating group) is 1. The highest BCUT2D eigenvalue weighted by molar-refractivity contribution is 7.17. The molecule has 2 aliphatic rings. The summed E-state index contributed by atoms with van der Waals surface area (Å²) < 4.78 is 38.4. The summed E-state index contributed by atoms with van der Waals surface area (Å²) in [6.07, 6.45) is -3.11. The summed E-state index contributed by atoms with van der Waals surface area (Å²) in [5, 5.41) is 0.518. The molecule has 0 spiro atoms. The number of piperidine rings is 1. The predicted octanol–water partition coefficient (Wildman–Crippen LogP) is 3.76. The van der Waals surface area contributed by atoms with Gasteiger partial charge in [-0.2, -0.15) is 13.2 Å². The van der Waals surface area contributed by atoms with Gasteiger partial charge in [0.1, 0.15) is 9.88 Å². The van der Waals surface area contributed by atoms with Crippen LogP contribution in [0.15, 0.2) is 24.3 Å². The molecule has 2 aliphatic heterocycles. The summed E-state index contributed by atoms with van der Waals surface area (Å²) in [4.78, 5) is 36.8. The lowest BCUT2D eigenvalue weighted by Crippen LogP contribution is -2.51. The van der Waals surface area contributed by atoms with Crippen LogP contribution < -0.4 is 0 Å². The summed E-state index contributed by atoms with van der Waals surface area (Å²) >= 11 is 1.19. The molecule has 2 amide bonds. The number of aryl methyl sites for hydroxylation is 1. The molecule has 0 saturated carbocycles. The van der Waals surface area contributed by atoms with E-state index in [1.807, 2.05) is 4.90 Å². The van der Waals surface area contributed by atoms with Gasteiger partial charge < -0.3 is 14.7 Å². The Morgan fingerprint density at radius 2 is 1.58 bits per heavy atom. The molecule has 6 nitrogen and oxygen atoms in total. The maximum atomic E-state index is 13.1. The van der Waals surface area contributed by atoms with Crippen molar-refractivity contribution in [3.05, 3.63) is 40.4 Å². The molecule has 178 valence electrons. The first-order chi connectivity index (χ1) is 15.6. The zero-order valence-corrected chi connectivity index (χ0v) is 19.5. The van der Waals surface area contributed by atoms with E-state index in [0.29, 0.717) is 47.1 Å². The predicted molar refractivity (Wildman–Crippen MR) is 120 cm³/mol. The Hall–Kier alpha value is -2.46. The van der Waals surface area contributed by atoms with Gasteiger partial charge in [-0.15, -0.1) is 11.3 Å². The summed E-state index contributed by atoms with van der Waals surface area (Å²) in [6.45, 7) is 6.03. The monoisotopic (exact) mass is 480 g/mol. The summed E-state index contributed by atoms with van der Waals surface area (Å²) in [5.74, 6) is 0.00476. The normalized spacial score (nSPS) is 18.6. The van der Waals surface area contributed by atoms with Gasteiger partial charge in [-0.1, -0.05) is 12.1 Å². The van der Waals surface area contributed by atoms with Gasteiger partial charge in [-0.25, -0.2) is 4.98 Å². The standard InChI is InChI=1S/C23H27F3N4O2S/c1-15-19(33-20(27-15)16-3-5-18(6-4-16)23(24,25)26)22(32)29-9-7-17(8-10-29)21(31)30-13-11-28(2)12-14-30/h3-6,17H,7-14H2,1-2H3. The molecule has 2 aromatic rings. The molecular formula is C23H27F3N4O2S. The summed E-state index contributed by atoms with van der Waals surface area (Å²) in [7, 11) is 2.05. The fourth-order valence-electron chi connectivity index (χ4n) is 4.28. The van der Waals surface area contributed by atoms with E-state index in [1.54, 1.807) is 11.8 Å². The van der Waals surface area contributed by atoms with Crippen molar-refractivity contribution < 1.29 is 22.8 Å². The van der Waals surface area contributed by atoms with Crippen LogP contribution in [0.5, 0.6) is 0 Å². The molecule has 0 unspecified atom stereocenters. The quantitative estimate of drug-likeness (QED) is 0.671. The van der Waals surface area contributed by atoms with Crippen LogP contribution in [0.3, 0.4) is 0 Å². The number of likely N-dealkylation sites (tertiary alicyclic amines) is 1. The zero-order valence-electron chi connectivity index (χ0n) is 18.7. The van der Waals surface area contributed by atoms with Crippen LogP contribution in [0.4, 0.5) is 13.2 Å². The molecule has 10 heteroatoms. The largest absolute Gasteiger partial charge is 0.416 e. The van der Waals surface area contributed by atoms with E-state index in [9.17, 15) is 22.8 Å². The number of thiazole rings is 1. The minimum Gasteiger partial charge on any atom is -0.340 e.